The van der Waals surface area contributed by atoms with Crippen LogP contribution in [0.5, 0.6) is 0 Å². The van der Waals surface area contributed by atoms with Crippen molar-refractivity contribution in [1.82, 2.24) is 9.97 Å². The Hall–Kier alpha value is -1.14. The molecule has 1 aromatic heterocycles. The van der Waals surface area contributed by atoms with Gasteiger partial charge in [-0.25, -0.2) is 14.8 Å². The number of carboxylic acids is 1. The molecule has 1 heterocycles. The van der Waals surface area contributed by atoms with Gasteiger partial charge in [-0.05, 0) is 26.3 Å². The van der Waals surface area contributed by atoms with Crippen molar-refractivity contribution in [3.63, 3.8) is 0 Å². The Morgan fingerprint density at radius 1 is 1.65 bits per heavy atom. The highest BCUT2D eigenvalue weighted by atomic mass is 32.2. The van der Waals surface area contributed by atoms with E-state index in [9.17, 15) is 4.79 Å². The first-order valence-corrected chi connectivity index (χ1v) is 6.39. The number of hydrogen-bond acceptors (Lipinski definition) is 5. The van der Waals surface area contributed by atoms with E-state index in [1.165, 1.54) is 11.8 Å². The first-order valence-electron chi connectivity index (χ1n) is 5.40. The highest BCUT2D eigenvalue weighted by Gasteiger charge is 2.17. The average Bonchev–Trinajstić information content (AvgIpc) is 2.28. The highest BCUT2D eigenvalue weighted by Crippen LogP contribution is 2.15. The molecule has 0 aliphatic heterocycles. The van der Waals surface area contributed by atoms with Crippen molar-refractivity contribution in [2.45, 2.75) is 31.5 Å². The van der Waals surface area contributed by atoms with Gasteiger partial charge in [-0.2, -0.15) is 0 Å². The molecule has 1 N–H and O–H groups in total. The fourth-order valence-corrected chi connectivity index (χ4v) is 2.09. The van der Waals surface area contributed by atoms with Crippen molar-refractivity contribution in [1.29, 1.82) is 0 Å². The smallest absolute Gasteiger partial charge is 0.332 e. The lowest BCUT2D eigenvalue weighted by Crippen LogP contribution is -2.24. The van der Waals surface area contributed by atoms with Crippen molar-refractivity contribution in [2.75, 3.05) is 12.4 Å². The molecule has 0 saturated carbocycles. The van der Waals surface area contributed by atoms with Gasteiger partial charge in [0, 0.05) is 24.3 Å². The fraction of sp³-hybridized carbons (Fsp3) is 0.545. The molecule has 0 aliphatic carbocycles. The van der Waals surface area contributed by atoms with Gasteiger partial charge in [-0.1, -0.05) is 11.8 Å². The molecule has 0 aliphatic rings. The summed E-state index contributed by atoms with van der Waals surface area (Å²) in [5.41, 5.74) is 0.905. The van der Waals surface area contributed by atoms with E-state index < -0.39 is 12.1 Å². The van der Waals surface area contributed by atoms with Crippen molar-refractivity contribution in [3.05, 3.63) is 18.0 Å². The summed E-state index contributed by atoms with van der Waals surface area (Å²) in [5, 5.41) is 9.55. The van der Waals surface area contributed by atoms with E-state index in [0.29, 0.717) is 23.9 Å². The van der Waals surface area contributed by atoms with E-state index in [1.54, 1.807) is 13.1 Å². The molecular weight excluding hydrogens is 240 g/mol. The summed E-state index contributed by atoms with van der Waals surface area (Å²) in [5.74, 6) is -0.293. The lowest BCUT2D eigenvalue weighted by Gasteiger charge is -2.11. The molecule has 17 heavy (non-hydrogen) atoms. The fourth-order valence-electron chi connectivity index (χ4n) is 1.23. The Balaban J connectivity index is 2.38. The maximum absolute atomic E-state index is 10.8. The van der Waals surface area contributed by atoms with Gasteiger partial charge in [0.2, 0.25) is 0 Å². The molecule has 0 radical (unpaired) electrons. The second-order valence-electron chi connectivity index (χ2n) is 3.40. The number of ether oxygens (including phenoxy) is 1. The lowest BCUT2D eigenvalue weighted by molar-refractivity contribution is -0.150. The summed E-state index contributed by atoms with van der Waals surface area (Å²) in [4.78, 5) is 19.1. The van der Waals surface area contributed by atoms with Gasteiger partial charge < -0.3 is 9.84 Å². The Morgan fingerprint density at radius 2 is 2.41 bits per heavy atom. The minimum atomic E-state index is -0.919. The predicted octanol–water partition coefficient (Wildman–Crippen LogP) is 1.76. The second kappa shape index (κ2) is 7.24. The van der Waals surface area contributed by atoms with Crippen molar-refractivity contribution < 1.29 is 14.6 Å². The highest BCUT2D eigenvalue weighted by molar-refractivity contribution is 7.99. The summed E-state index contributed by atoms with van der Waals surface area (Å²) in [6.45, 7) is 4.08. The molecule has 5 nitrogen and oxygen atoms in total. The third kappa shape index (κ3) is 5.14. The Morgan fingerprint density at radius 3 is 3.00 bits per heavy atom. The summed E-state index contributed by atoms with van der Waals surface area (Å²) in [7, 11) is 0. The first-order chi connectivity index (χ1) is 8.13. The zero-order valence-electron chi connectivity index (χ0n) is 9.92. The number of thioether (sulfide) groups is 1. The summed E-state index contributed by atoms with van der Waals surface area (Å²) >= 11 is 1.44. The second-order valence-corrected chi connectivity index (χ2v) is 4.46. The summed E-state index contributed by atoms with van der Waals surface area (Å²) < 4.78 is 5.11. The van der Waals surface area contributed by atoms with Crippen molar-refractivity contribution in [2.24, 2.45) is 0 Å². The van der Waals surface area contributed by atoms with Crippen molar-refractivity contribution >= 4 is 17.7 Å². The van der Waals surface area contributed by atoms with Gasteiger partial charge in [0.1, 0.15) is 0 Å². The van der Waals surface area contributed by atoms with Gasteiger partial charge in [-0.3, -0.25) is 0 Å². The van der Waals surface area contributed by atoms with E-state index in [1.807, 2.05) is 13.0 Å². The maximum atomic E-state index is 10.8. The molecule has 1 atom stereocenters. The standard InChI is InChI=1S/C11H16N2O3S/c1-3-16-9(10(14)15)5-7-17-11-12-6-4-8(2)13-11/h4,6,9H,3,5,7H2,1-2H3,(H,14,15). The number of carboxylic acid groups (broad SMARTS) is 1. The molecule has 1 aromatic rings. The predicted molar refractivity (Wildman–Crippen MR) is 65.2 cm³/mol. The number of carbonyl (C=O) groups is 1. The number of aliphatic carboxylic acids is 1. The largest absolute Gasteiger partial charge is 0.479 e. The molecule has 0 aromatic carbocycles. The molecule has 1 rings (SSSR count). The van der Waals surface area contributed by atoms with E-state index in [2.05, 4.69) is 9.97 Å². The molecule has 94 valence electrons. The topological polar surface area (TPSA) is 72.3 Å². The molecular formula is C11H16N2O3S. The Kier molecular flexibility index (Phi) is 5.93. The number of hydrogen-bond donors (Lipinski definition) is 1. The third-order valence-corrected chi connectivity index (χ3v) is 2.92. The zero-order chi connectivity index (χ0) is 12.7. The lowest BCUT2D eigenvalue weighted by atomic mass is 10.3. The van der Waals surface area contributed by atoms with Gasteiger partial charge in [0.05, 0.1) is 0 Å². The first kappa shape index (κ1) is 13.9. The van der Waals surface area contributed by atoms with Crippen LogP contribution in [0.25, 0.3) is 0 Å². The van der Waals surface area contributed by atoms with Gasteiger partial charge in [0.15, 0.2) is 11.3 Å². The number of aromatic nitrogens is 2. The zero-order valence-corrected chi connectivity index (χ0v) is 10.7. The van der Waals surface area contributed by atoms with Crippen LogP contribution in [-0.2, 0) is 9.53 Å². The summed E-state index contributed by atoms with van der Waals surface area (Å²) in [6.07, 6.45) is 1.41. The molecule has 0 spiro atoms. The molecule has 6 heteroatoms. The van der Waals surface area contributed by atoms with Crippen LogP contribution in [-0.4, -0.2) is 39.5 Å². The molecule has 0 bridgehead atoms. The van der Waals surface area contributed by atoms with E-state index in [4.69, 9.17) is 9.84 Å². The molecule has 0 amide bonds. The molecule has 0 saturated heterocycles. The third-order valence-electron chi connectivity index (χ3n) is 2.03. The van der Waals surface area contributed by atoms with E-state index in [0.717, 1.165) is 5.69 Å². The van der Waals surface area contributed by atoms with Crippen LogP contribution in [0.1, 0.15) is 19.0 Å². The SMILES string of the molecule is CCOC(CCSc1nccc(C)n1)C(=O)O. The van der Waals surface area contributed by atoms with Crippen LogP contribution in [0.2, 0.25) is 0 Å². The Labute approximate surface area is 105 Å². The van der Waals surface area contributed by atoms with Crippen LogP contribution >= 0.6 is 11.8 Å². The van der Waals surface area contributed by atoms with E-state index in [-0.39, 0.29) is 0 Å². The van der Waals surface area contributed by atoms with Gasteiger partial charge in [0.25, 0.3) is 0 Å². The van der Waals surface area contributed by atoms with Crippen LogP contribution in [0, 0.1) is 6.92 Å². The van der Waals surface area contributed by atoms with Crippen LogP contribution in [0.3, 0.4) is 0 Å². The van der Waals surface area contributed by atoms with Gasteiger partial charge >= 0.3 is 5.97 Å². The summed E-state index contributed by atoms with van der Waals surface area (Å²) in [6, 6.07) is 1.82. The number of aryl methyl sites for hydroxylation is 1. The van der Waals surface area contributed by atoms with Gasteiger partial charge in [-0.15, -0.1) is 0 Å². The monoisotopic (exact) mass is 256 g/mol. The van der Waals surface area contributed by atoms with Crippen LogP contribution < -0.4 is 0 Å². The van der Waals surface area contributed by atoms with Crippen LogP contribution in [0.15, 0.2) is 17.4 Å². The van der Waals surface area contributed by atoms with Crippen LogP contribution in [0.4, 0.5) is 0 Å². The Bertz CT molecular complexity index is 373. The minimum absolute atomic E-state index is 0.405. The molecule has 0 fully saturated rings. The maximum Gasteiger partial charge on any atom is 0.332 e. The quantitative estimate of drug-likeness (QED) is 0.592. The van der Waals surface area contributed by atoms with E-state index >= 15 is 0 Å². The minimum Gasteiger partial charge on any atom is -0.479 e. The van der Waals surface area contributed by atoms with Crippen molar-refractivity contribution in [3.8, 4) is 0 Å². The number of rotatable bonds is 7. The average molecular weight is 256 g/mol. The number of nitrogens with zero attached hydrogens (tertiary/aromatic N) is 2. The normalized spacial score (nSPS) is 12.4. The molecule has 1 unspecified atom stereocenters.